The van der Waals surface area contributed by atoms with Gasteiger partial charge in [0.15, 0.2) is 0 Å². The Morgan fingerprint density at radius 2 is 1.79 bits per heavy atom. The SMILES string of the molecule is CC(C)(O)[C@@H]1CN(C(=O)[C@@H]2C[C@@]2(F)c2ccccc2-c2c(F)cccc2F)[C@H]1CNS(C)(=O)=O. The summed E-state index contributed by atoms with van der Waals surface area (Å²) in [5.74, 6) is -3.66. The van der Waals surface area contributed by atoms with Crippen LogP contribution < -0.4 is 4.72 Å². The summed E-state index contributed by atoms with van der Waals surface area (Å²) >= 11 is 0. The molecule has 4 atom stereocenters. The first-order valence-electron chi connectivity index (χ1n) is 10.9. The predicted octanol–water partition coefficient (Wildman–Crippen LogP) is 2.96. The van der Waals surface area contributed by atoms with Gasteiger partial charge in [0.05, 0.1) is 29.4 Å². The maximum absolute atomic E-state index is 16.1. The highest BCUT2D eigenvalue weighted by Crippen LogP contribution is 2.59. The molecular formula is C24H27F3N2O4S. The maximum Gasteiger partial charge on any atom is 0.229 e. The number of aliphatic hydroxyl groups is 1. The minimum Gasteiger partial charge on any atom is -0.390 e. The molecule has 2 aliphatic rings. The summed E-state index contributed by atoms with van der Waals surface area (Å²) in [6.07, 6.45) is 0.831. The van der Waals surface area contributed by atoms with Gasteiger partial charge in [-0.2, -0.15) is 0 Å². The maximum atomic E-state index is 16.1. The van der Waals surface area contributed by atoms with Crippen LogP contribution in [0.25, 0.3) is 11.1 Å². The van der Waals surface area contributed by atoms with Crippen molar-refractivity contribution in [1.29, 1.82) is 0 Å². The third-order valence-electron chi connectivity index (χ3n) is 6.80. The Hall–Kier alpha value is -2.43. The molecule has 34 heavy (non-hydrogen) atoms. The Morgan fingerprint density at radius 1 is 1.18 bits per heavy atom. The smallest absolute Gasteiger partial charge is 0.229 e. The second kappa shape index (κ2) is 8.35. The molecule has 4 rings (SSSR count). The molecule has 1 amide bonds. The minimum atomic E-state index is -3.54. The number of sulfonamides is 1. The number of benzene rings is 2. The van der Waals surface area contributed by atoms with Gasteiger partial charge in [-0.3, -0.25) is 4.79 Å². The van der Waals surface area contributed by atoms with Crippen molar-refractivity contribution < 1.29 is 31.5 Å². The van der Waals surface area contributed by atoms with Crippen molar-refractivity contribution in [2.24, 2.45) is 11.8 Å². The standard InChI is InChI=1S/C24H27F3N2O4S/c1-23(2,31)17-13-29(20(17)12-28-34(3,32)33)22(30)16-11-24(16,27)15-8-5-4-7-14(15)21-18(25)9-6-10-19(21)26/h4-10,16-17,20,28,31H,11-13H2,1-3H3/t16-,17+,20-,24+/m0/s1. The van der Waals surface area contributed by atoms with Crippen molar-refractivity contribution in [3.8, 4) is 11.1 Å². The Labute approximate surface area is 196 Å². The number of halogens is 3. The number of nitrogens with zero attached hydrogens (tertiary/aromatic N) is 1. The molecule has 2 aromatic rings. The molecule has 2 fully saturated rings. The summed E-state index contributed by atoms with van der Waals surface area (Å²) in [7, 11) is -3.54. The first kappa shape index (κ1) is 24.7. The third-order valence-corrected chi connectivity index (χ3v) is 7.49. The van der Waals surface area contributed by atoms with Gasteiger partial charge in [-0.15, -0.1) is 0 Å². The zero-order chi connectivity index (χ0) is 25.1. The summed E-state index contributed by atoms with van der Waals surface area (Å²) < 4.78 is 70.4. The van der Waals surface area contributed by atoms with Crippen molar-refractivity contribution in [3.05, 3.63) is 59.7 Å². The molecule has 2 N–H and O–H groups in total. The topological polar surface area (TPSA) is 86.7 Å². The van der Waals surface area contributed by atoms with E-state index < -0.39 is 56.7 Å². The lowest BCUT2D eigenvalue weighted by atomic mass is 9.76. The average Bonchev–Trinajstić information content (AvgIpc) is 3.38. The largest absolute Gasteiger partial charge is 0.390 e. The lowest BCUT2D eigenvalue weighted by molar-refractivity contribution is -0.158. The van der Waals surface area contributed by atoms with Gasteiger partial charge in [0.1, 0.15) is 17.3 Å². The zero-order valence-corrected chi connectivity index (χ0v) is 19.9. The summed E-state index contributed by atoms with van der Waals surface area (Å²) in [6.45, 7) is 3.18. The van der Waals surface area contributed by atoms with Gasteiger partial charge in [-0.05, 0) is 37.1 Å². The molecule has 0 radical (unpaired) electrons. The van der Waals surface area contributed by atoms with E-state index >= 15 is 4.39 Å². The monoisotopic (exact) mass is 496 g/mol. The van der Waals surface area contributed by atoms with Gasteiger partial charge in [0.2, 0.25) is 15.9 Å². The summed E-state index contributed by atoms with van der Waals surface area (Å²) in [5.41, 5.74) is -3.57. The molecule has 0 spiro atoms. The van der Waals surface area contributed by atoms with Gasteiger partial charge in [-0.1, -0.05) is 30.3 Å². The van der Waals surface area contributed by atoms with E-state index in [2.05, 4.69) is 4.72 Å². The normalized spacial score (nSPS) is 26.8. The van der Waals surface area contributed by atoms with Crippen LogP contribution in [-0.4, -0.2) is 55.3 Å². The summed E-state index contributed by atoms with van der Waals surface area (Å²) in [4.78, 5) is 14.6. The van der Waals surface area contributed by atoms with Gasteiger partial charge >= 0.3 is 0 Å². The predicted molar refractivity (Wildman–Crippen MR) is 121 cm³/mol. The number of alkyl halides is 1. The molecule has 0 aromatic heterocycles. The fraction of sp³-hybridized carbons (Fsp3) is 0.458. The molecule has 184 valence electrons. The molecule has 1 saturated heterocycles. The molecule has 1 aliphatic carbocycles. The molecule has 1 saturated carbocycles. The highest BCUT2D eigenvalue weighted by Gasteiger charge is 2.64. The van der Waals surface area contributed by atoms with E-state index in [0.29, 0.717) is 0 Å². The lowest BCUT2D eigenvalue weighted by Crippen LogP contribution is -2.68. The molecule has 0 unspecified atom stereocenters. The number of rotatable bonds is 7. The first-order chi connectivity index (χ1) is 15.7. The van der Waals surface area contributed by atoms with Gasteiger partial charge in [-0.25, -0.2) is 26.3 Å². The van der Waals surface area contributed by atoms with Crippen molar-refractivity contribution in [1.82, 2.24) is 9.62 Å². The Balaban J connectivity index is 1.60. The van der Waals surface area contributed by atoms with Crippen molar-refractivity contribution in [3.63, 3.8) is 0 Å². The second-order valence-electron chi connectivity index (χ2n) is 9.70. The van der Waals surface area contributed by atoms with E-state index in [1.807, 2.05) is 0 Å². The highest BCUT2D eigenvalue weighted by molar-refractivity contribution is 7.88. The summed E-state index contributed by atoms with van der Waals surface area (Å²) in [5, 5.41) is 10.4. The van der Waals surface area contributed by atoms with Crippen molar-refractivity contribution in [2.75, 3.05) is 19.3 Å². The van der Waals surface area contributed by atoms with E-state index in [9.17, 15) is 27.1 Å². The Kier molecular flexibility index (Phi) is 6.06. The molecule has 1 aliphatic heterocycles. The number of carbonyl (C=O) groups excluding carboxylic acids is 1. The van der Waals surface area contributed by atoms with Gasteiger partial charge in [0, 0.05) is 25.4 Å². The second-order valence-corrected chi connectivity index (χ2v) is 11.5. The van der Waals surface area contributed by atoms with Crippen LogP contribution in [0.5, 0.6) is 0 Å². The molecule has 0 bridgehead atoms. The van der Waals surface area contributed by atoms with Crippen LogP contribution in [0, 0.1) is 23.5 Å². The van der Waals surface area contributed by atoms with Crippen molar-refractivity contribution in [2.45, 2.75) is 37.6 Å². The van der Waals surface area contributed by atoms with Crippen LogP contribution in [-0.2, 0) is 20.5 Å². The van der Waals surface area contributed by atoms with Crippen LogP contribution >= 0.6 is 0 Å². The van der Waals surface area contributed by atoms with Crippen LogP contribution in [0.1, 0.15) is 25.8 Å². The molecule has 2 aromatic carbocycles. The fourth-order valence-corrected chi connectivity index (χ4v) is 5.30. The van der Waals surface area contributed by atoms with E-state index in [1.165, 1.54) is 23.1 Å². The first-order valence-corrected chi connectivity index (χ1v) is 12.8. The number of nitrogens with one attached hydrogen (secondary N) is 1. The van der Waals surface area contributed by atoms with Crippen LogP contribution in [0.15, 0.2) is 42.5 Å². The van der Waals surface area contributed by atoms with Crippen LogP contribution in [0.2, 0.25) is 0 Å². The van der Waals surface area contributed by atoms with Gasteiger partial charge in [0.25, 0.3) is 0 Å². The third kappa shape index (κ3) is 4.46. The van der Waals surface area contributed by atoms with Crippen LogP contribution in [0.3, 0.4) is 0 Å². The lowest BCUT2D eigenvalue weighted by Gasteiger charge is -2.53. The Bertz CT molecular complexity index is 1210. The number of carbonyl (C=O) groups is 1. The van der Waals surface area contributed by atoms with E-state index in [1.54, 1.807) is 26.0 Å². The molecule has 6 nitrogen and oxygen atoms in total. The average molecular weight is 497 g/mol. The molecule has 10 heteroatoms. The zero-order valence-electron chi connectivity index (χ0n) is 19.1. The van der Waals surface area contributed by atoms with Gasteiger partial charge < -0.3 is 10.0 Å². The summed E-state index contributed by atoms with van der Waals surface area (Å²) in [6, 6.07) is 8.69. The van der Waals surface area contributed by atoms with E-state index in [0.717, 1.165) is 18.4 Å². The highest BCUT2D eigenvalue weighted by atomic mass is 32.2. The van der Waals surface area contributed by atoms with E-state index in [-0.39, 0.29) is 36.2 Å². The van der Waals surface area contributed by atoms with Crippen LogP contribution in [0.4, 0.5) is 13.2 Å². The number of amides is 1. The minimum absolute atomic E-state index is 0.0303. The Morgan fingerprint density at radius 3 is 2.38 bits per heavy atom. The number of hydrogen-bond acceptors (Lipinski definition) is 4. The van der Waals surface area contributed by atoms with E-state index in [4.69, 9.17) is 0 Å². The van der Waals surface area contributed by atoms with Crippen molar-refractivity contribution >= 4 is 15.9 Å². The number of hydrogen-bond donors (Lipinski definition) is 2. The fourth-order valence-electron chi connectivity index (χ4n) is 4.82. The quantitative estimate of drug-likeness (QED) is 0.617. The molecule has 1 heterocycles. The number of likely N-dealkylation sites (tertiary alicyclic amines) is 1. The molecular weight excluding hydrogens is 469 g/mol.